The number of anilines is 2. The molecule has 0 fully saturated rings. The van der Waals surface area contributed by atoms with Gasteiger partial charge in [-0.05, 0) is 63.2 Å². The third kappa shape index (κ3) is 5.56. The van der Waals surface area contributed by atoms with Crippen molar-refractivity contribution >= 4 is 17.4 Å². The highest BCUT2D eigenvalue weighted by Gasteiger charge is 2.12. The second-order valence-corrected chi connectivity index (χ2v) is 6.63. The van der Waals surface area contributed by atoms with Gasteiger partial charge >= 0.3 is 0 Å². The highest BCUT2D eigenvalue weighted by molar-refractivity contribution is 6.05. The molecule has 2 N–H and O–H groups in total. The van der Waals surface area contributed by atoms with Crippen molar-refractivity contribution in [3.8, 4) is 0 Å². The summed E-state index contributed by atoms with van der Waals surface area (Å²) in [6.07, 6.45) is 4.47. The summed E-state index contributed by atoms with van der Waals surface area (Å²) in [7, 11) is 4.11. The van der Waals surface area contributed by atoms with Crippen LogP contribution in [0, 0.1) is 0 Å². The van der Waals surface area contributed by atoms with Gasteiger partial charge in [-0.3, -0.25) is 4.79 Å². The monoisotopic (exact) mass is 354 g/mol. The summed E-state index contributed by atoms with van der Waals surface area (Å²) in [5, 5.41) is 6.39. The fraction of sp³-hybridized carbons (Fsp3) is 0.429. The van der Waals surface area contributed by atoms with Crippen molar-refractivity contribution in [3.05, 3.63) is 53.2 Å². The molecule has 1 aromatic carbocycles. The van der Waals surface area contributed by atoms with Gasteiger partial charge in [-0.1, -0.05) is 32.0 Å². The molecule has 0 saturated heterocycles. The number of hydrogen-bond acceptors (Lipinski definition) is 4. The summed E-state index contributed by atoms with van der Waals surface area (Å²) >= 11 is 0. The molecule has 5 nitrogen and oxygen atoms in total. The van der Waals surface area contributed by atoms with E-state index in [-0.39, 0.29) is 5.91 Å². The van der Waals surface area contributed by atoms with Crippen LogP contribution in [0.5, 0.6) is 0 Å². The van der Waals surface area contributed by atoms with Crippen LogP contribution in [0.15, 0.2) is 36.5 Å². The lowest BCUT2D eigenvalue weighted by Crippen LogP contribution is -2.17. The number of aryl methyl sites for hydroxylation is 2. The Bertz CT molecular complexity index is 705. The van der Waals surface area contributed by atoms with Crippen molar-refractivity contribution in [1.29, 1.82) is 0 Å². The van der Waals surface area contributed by atoms with E-state index in [4.69, 9.17) is 0 Å². The molecule has 0 atom stereocenters. The van der Waals surface area contributed by atoms with Crippen molar-refractivity contribution in [1.82, 2.24) is 9.88 Å². The number of rotatable bonds is 9. The first-order valence-electron chi connectivity index (χ1n) is 9.31. The third-order valence-corrected chi connectivity index (χ3v) is 4.35. The van der Waals surface area contributed by atoms with Crippen molar-refractivity contribution in [3.63, 3.8) is 0 Å². The molecule has 1 amide bonds. The number of pyridine rings is 1. The summed E-state index contributed by atoms with van der Waals surface area (Å²) < 4.78 is 0. The largest absolute Gasteiger partial charge is 0.370 e. The average molecular weight is 354 g/mol. The molecule has 1 heterocycles. The Morgan fingerprint density at radius 2 is 1.81 bits per heavy atom. The van der Waals surface area contributed by atoms with Gasteiger partial charge in [0, 0.05) is 24.0 Å². The van der Waals surface area contributed by atoms with Crippen molar-refractivity contribution in [2.75, 3.05) is 37.8 Å². The quantitative estimate of drug-likeness (QED) is 0.672. The van der Waals surface area contributed by atoms with E-state index in [1.54, 1.807) is 12.3 Å². The number of amides is 1. The zero-order valence-corrected chi connectivity index (χ0v) is 16.3. The molecule has 0 bridgehead atoms. The Morgan fingerprint density at radius 3 is 2.42 bits per heavy atom. The Kier molecular flexibility index (Phi) is 7.60. The van der Waals surface area contributed by atoms with Crippen molar-refractivity contribution in [2.24, 2.45) is 0 Å². The number of carbonyl (C=O) groups is 1. The van der Waals surface area contributed by atoms with Crippen molar-refractivity contribution in [2.45, 2.75) is 33.1 Å². The highest BCUT2D eigenvalue weighted by Crippen LogP contribution is 2.23. The first kappa shape index (κ1) is 19.9. The molecule has 140 valence electrons. The van der Waals surface area contributed by atoms with E-state index in [9.17, 15) is 4.79 Å². The van der Waals surface area contributed by atoms with Gasteiger partial charge in [0.1, 0.15) is 5.82 Å². The van der Waals surface area contributed by atoms with E-state index in [0.29, 0.717) is 5.56 Å². The van der Waals surface area contributed by atoms with Crippen LogP contribution in [-0.2, 0) is 12.8 Å². The molecular weight excluding hydrogens is 324 g/mol. The van der Waals surface area contributed by atoms with Gasteiger partial charge in [0.2, 0.25) is 0 Å². The van der Waals surface area contributed by atoms with E-state index >= 15 is 0 Å². The van der Waals surface area contributed by atoms with Crippen LogP contribution in [0.1, 0.15) is 41.8 Å². The third-order valence-electron chi connectivity index (χ3n) is 4.35. The number of benzene rings is 1. The molecule has 0 radical (unpaired) electrons. The lowest BCUT2D eigenvalue weighted by Gasteiger charge is -2.15. The molecule has 2 aromatic rings. The van der Waals surface area contributed by atoms with Crippen LogP contribution >= 0.6 is 0 Å². The number of nitrogens with one attached hydrogen (secondary N) is 2. The molecule has 2 rings (SSSR count). The van der Waals surface area contributed by atoms with E-state index in [2.05, 4.69) is 66.7 Å². The maximum absolute atomic E-state index is 12.7. The molecule has 5 heteroatoms. The van der Waals surface area contributed by atoms with Gasteiger partial charge < -0.3 is 15.5 Å². The van der Waals surface area contributed by atoms with Gasteiger partial charge in [0.15, 0.2) is 0 Å². The maximum Gasteiger partial charge on any atom is 0.255 e. The van der Waals surface area contributed by atoms with E-state index in [1.807, 2.05) is 6.07 Å². The Balaban J connectivity index is 2.07. The molecule has 0 spiro atoms. The summed E-state index contributed by atoms with van der Waals surface area (Å²) in [5.74, 6) is 0.634. The normalized spacial score (nSPS) is 10.8. The smallest absolute Gasteiger partial charge is 0.255 e. The van der Waals surface area contributed by atoms with E-state index in [1.165, 1.54) is 0 Å². The van der Waals surface area contributed by atoms with E-state index in [0.717, 1.165) is 55.0 Å². The van der Waals surface area contributed by atoms with Crippen LogP contribution in [-0.4, -0.2) is 43.0 Å². The van der Waals surface area contributed by atoms with Crippen LogP contribution < -0.4 is 10.6 Å². The minimum Gasteiger partial charge on any atom is -0.370 e. The number of para-hydroxylation sites is 1. The maximum atomic E-state index is 12.7. The second kappa shape index (κ2) is 9.92. The Labute approximate surface area is 156 Å². The summed E-state index contributed by atoms with van der Waals surface area (Å²) in [6, 6.07) is 9.75. The number of aromatic nitrogens is 1. The van der Waals surface area contributed by atoms with Crippen LogP contribution in [0.25, 0.3) is 0 Å². The first-order chi connectivity index (χ1) is 12.5. The predicted octanol–water partition coefficient (Wildman–Crippen LogP) is 3.82. The predicted molar refractivity (Wildman–Crippen MR) is 109 cm³/mol. The molecule has 0 aliphatic carbocycles. The molecule has 26 heavy (non-hydrogen) atoms. The Morgan fingerprint density at radius 1 is 1.12 bits per heavy atom. The standard InChI is InChI=1S/C21H30N4O/c1-5-16-9-7-10-17(6-2)20(16)24-21(26)18-11-13-23-19(15-18)22-12-8-14-25(3)4/h7,9-11,13,15H,5-6,8,12,14H2,1-4H3,(H,22,23)(H,24,26). The van der Waals surface area contributed by atoms with Crippen LogP contribution in [0.2, 0.25) is 0 Å². The lowest BCUT2D eigenvalue weighted by molar-refractivity contribution is 0.102. The zero-order chi connectivity index (χ0) is 18.9. The van der Waals surface area contributed by atoms with Crippen LogP contribution in [0.4, 0.5) is 11.5 Å². The molecule has 0 saturated carbocycles. The fourth-order valence-corrected chi connectivity index (χ4v) is 2.87. The average Bonchev–Trinajstić information content (AvgIpc) is 2.65. The molecule has 0 aliphatic heterocycles. The molecule has 0 unspecified atom stereocenters. The van der Waals surface area contributed by atoms with Gasteiger partial charge in [0.25, 0.3) is 5.91 Å². The molecular formula is C21H30N4O. The summed E-state index contributed by atoms with van der Waals surface area (Å²) in [4.78, 5) is 19.2. The van der Waals surface area contributed by atoms with Crippen molar-refractivity contribution < 1.29 is 4.79 Å². The topological polar surface area (TPSA) is 57.3 Å². The van der Waals surface area contributed by atoms with Gasteiger partial charge in [0.05, 0.1) is 0 Å². The number of nitrogens with zero attached hydrogens (tertiary/aromatic N) is 2. The van der Waals surface area contributed by atoms with Gasteiger partial charge in [-0.15, -0.1) is 0 Å². The highest BCUT2D eigenvalue weighted by atomic mass is 16.1. The number of carbonyl (C=O) groups excluding carboxylic acids is 1. The van der Waals surface area contributed by atoms with Crippen LogP contribution in [0.3, 0.4) is 0 Å². The van der Waals surface area contributed by atoms with E-state index < -0.39 is 0 Å². The summed E-state index contributed by atoms with van der Waals surface area (Å²) in [6.45, 7) is 6.05. The van der Waals surface area contributed by atoms with Gasteiger partial charge in [-0.25, -0.2) is 4.98 Å². The Hall–Kier alpha value is -2.40. The minimum absolute atomic E-state index is 0.0978. The minimum atomic E-state index is -0.0978. The molecule has 0 aliphatic rings. The zero-order valence-electron chi connectivity index (χ0n) is 16.3. The lowest BCUT2D eigenvalue weighted by atomic mass is 10.0. The van der Waals surface area contributed by atoms with Gasteiger partial charge in [-0.2, -0.15) is 0 Å². The molecule has 1 aromatic heterocycles. The number of hydrogen-bond donors (Lipinski definition) is 2. The second-order valence-electron chi connectivity index (χ2n) is 6.63. The fourth-order valence-electron chi connectivity index (χ4n) is 2.87. The SMILES string of the molecule is CCc1cccc(CC)c1NC(=O)c1ccnc(NCCCN(C)C)c1. The summed E-state index contributed by atoms with van der Waals surface area (Å²) in [5.41, 5.74) is 3.88. The first-order valence-corrected chi connectivity index (χ1v) is 9.31.